The zero-order valence-corrected chi connectivity index (χ0v) is 14.6. The first kappa shape index (κ1) is 17.9. The van der Waals surface area contributed by atoms with Crippen LogP contribution in [0, 0.1) is 0 Å². The van der Waals surface area contributed by atoms with Crippen LogP contribution in [0.3, 0.4) is 0 Å². The van der Waals surface area contributed by atoms with Crippen molar-refractivity contribution in [2.24, 2.45) is 0 Å². The Morgan fingerprint density at radius 2 is 1.85 bits per heavy atom. The normalized spacial score (nSPS) is 16.1. The van der Waals surface area contributed by atoms with Gasteiger partial charge in [0, 0.05) is 43.8 Å². The van der Waals surface area contributed by atoms with Gasteiger partial charge in [0.25, 0.3) is 5.91 Å². The monoisotopic (exact) mass is 354 g/mol. The summed E-state index contributed by atoms with van der Waals surface area (Å²) in [7, 11) is 0. The molecular formula is C19H22N4O3. The van der Waals surface area contributed by atoms with Gasteiger partial charge < -0.3 is 20.7 Å². The average Bonchev–Trinajstić information content (AvgIpc) is 3.15. The number of benzene rings is 1. The molecule has 136 valence electrons. The molecule has 7 nitrogen and oxygen atoms in total. The van der Waals surface area contributed by atoms with Crippen LogP contribution in [0.2, 0.25) is 0 Å². The minimum absolute atomic E-state index is 0.139. The van der Waals surface area contributed by atoms with E-state index in [4.69, 9.17) is 4.74 Å². The summed E-state index contributed by atoms with van der Waals surface area (Å²) in [5.41, 5.74) is 2.57. The highest BCUT2D eigenvalue weighted by molar-refractivity contribution is 6.04. The number of hydrogen-bond acceptors (Lipinski definition) is 5. The number of nitrogens with one attached hydrogen (secondary N) is 3. The average molecular weight is 354 g/mol. The summed E-state index contributed by atoms with van der Waals surface area (Å²) in [6.07, 6.45) is 5.57. The molecule has 3 N–H and O–H groups in total. The van der Waals surface area contributed by atoms with Crippen molar-refractivity contribution in [3.8, 4) is 0 Å². The molecule has 2 amide bonds. The van der Waals surface area contributed by atoms with Gasteiger partial charge in [-0.3, -0.25) is 14.6 Å². The summed E-state index contributed by atoms with van der Waals surface area (Å²) >= 11 is 0. The number of ether oxygens (including phenoxy) is 1. The van der Waals surface area contributed by atoms with Gasteiger partial charge in [-0.15, -0.1) is 0 Å². The fraction of sp³-hybridized carbons (Fsp3) is 0.316. The third-order valence-corrected chi connectivity index (χ3v) is 4.02. The highest BCUT2D eigenvalue weighted by Crippen LogP contribution is 2.17. The van der Waals surface area contributed by atoms with Crippen molar-refractivity contribution in [1.29, 1.82) is 0 Å². The van der Waals surface area contributed by atoms with Gasteiger partial charge in [-0.2, -0.15) is 0 Å². The number of amides is 2. The van der Waals surface area contributed by atoms with Crippen molar-refractivity contribution in [3.05, 3.63) is 48.3 Å². The largest absolute Gasteiger partial charge is 0.381 e. The van der Waals surface area contributed by atoms with Crippen molar-refractivity contribution in [1.82, 2.24) is 4.98 Å². The van der Waals surface area contributed by atoms with E-state index >= 15 is 0 Å². The molecule has 0 radical (unpaired) electrons. The number of hydrogen-bond donors (Lipinski definition) is 3. The highest BCUT2D eigenvalue weighted by atomic mass is 16.5. The third kappa shape index (κ3) is 5.03. The molecule has 0 saturated carbocycles. The molecule has 1 aliphatic heterocycles. The van der Waals surface area contributed by atoms with Crippen LogP contribution in [0.25, 0.3) is 0 Å². The second-order valence-electron chi connectivity index (χ2n) is 6.19. The topological polar surface area (TPSA) is 92.4 Å². The minimum atomic E-state index is -0.245. The van der Waals surface area contributed by atoms with Gasteiger partial charge in [0.1, 0.15) is 0 Å². The fourth-order valence-corrected chi connectivity index (χ4v) is 2.74. The lowest BCUT2D eigenvalue weighted by Gasteiger charge is -2.12. The van der Waals surface area contributed by atoms with Crippen LogP contribution in [0.1, 0.15) is 30.1 Å². The third-order valence-electron chi connectivity index (χ3n) is 4.02. The van der Waals surface area contributed by atoms with Crippen LogP contribution in [-0.4, -0.2) is 36.1 Å². The summed E-state index contributed by atoms with van der Waals surface area (Å²) in [6.45, 7) is 2.97. The van der Waals surface area contributed by atoms with Gasteiger partial charge in [-0.1, -0.05) is 0 Å². The molecule has 1 fully saturated rings. The first-order valence-corrected chi connectivity index (χ1v) is 8.60. The first-order chi connectivity index (χ1) is 12.6. The number of pyridine rings is 1. The van der Waals surface area contributed by atoms with Crippen molar-refractivity contribution < 1.29 is 14.3 Å². The molecule has 3 rings (SSSR count). The molecule has 1 aromatic heterocycles. The van der Waals surface area contributed by atoms with Gasteiger partial charge in [-0.25, -0.2) is 0 Å². The second-order valence-corrected chi connectivity index (χ2v) is 6.19. The number of anilines is 3. The second kappa shape index (κ2) is 8.44. The van der Waals surface area contributed by atoms with E-state index in [1.165, 1.54) is 13.1 Å². The smallest absolute Gasteiger partial charge is 0.257 e. The summed E-state index contributed by atoms with van der Waals surface area (Å²) in [4.78, 5) is 27.6. The SMILES string of the molecule is CC(=O)Nc1ccc(NC(=O)c2cncc(NCC3CCCO3)c2)cc1. The van der Waals surface area contributed by atoms with Gasteiger partial charge >= 0.3 is 0 Å². The molecule has 0 spiro atoms. The summed E-state index contributed by atoms with van der Waals surface area (Å²) in [5, 5.41) is 8.76. The molecule has 1 atom stereocenters. The lowest BCUT2D eigenvalue weighted by molar-refractivity contribution is -0.114. The number of carbonyl (C=O) groups is 2. The van der Waals surface area contributed by atoms with E-state index in [2.05, 4.69) is 20.9 Å². The van der Waals surface area contributed by atoms with E-state index in [0.717, 1.165) is 25.1 Å². The Labute approximate surface area is 152 Å². The molecule has 0 bridgehead atoms. The predicted molar refractivity (Wildman–Crippen MR) is 100 cm³/mol. The maximum atomic E-state index is 12.4. The Balaban J connectivity index is 1.58. The molecule has 1 aliphatic rings. The van der Waals surface area contributed by atoms with Crippen molar-refractivity contribution >= 4 is 28.9 Å². The van der Waals surface area contributed by atoms with Gasteiger partial charge in [0.05, 0.1) is 17.4 Å². The van der Waals surface area contributed by atoms with E-state index in [0.29, 0.717) is 23.5 Å². The molecule has 1 unspecified atom stereocenters. The van der Waals surface area contributed by atoms with Crippen molar-refractivity contribution in [3.63, 3.8) is 0 Å². The number of carbonyl (C=O) groups excluding carboxylic acids is 2. The first-order valence-electron chi connectivity index (χ1n) is 8.60. The number of nitrogens with zero attached hydrogens (tertiary/aromatic N) is 1. The summed E-state index contributed by atoms with van der Waals surface area (Å²) in [5.74, 6) is -0.384. The molecule has 2 heterocycles. The molecule has 1 aromatic carbocycles. The molecule has 7 heteroatoms. The van der Waals surface area contributed by atoms with E-state index in [-0.39, 0.29) is 17.9 Å². The fourth-order valence-electron chi connectivity index (χ4n) is 2.74. The Bertz CT molecular complexity index is 771. The van der Waals surface area contributed by atoms with E-state index < -0.39 is 0 Å². The van der Waals surface area contributed by atoms with Crippen LogP contribution in [0.4, 0.5) is 17.1 Å². The Kier molecular flexibility index (Phi) is 5.80. The zero-order valence-electron chi connectivity index (χ0n) is 14.6. The van der Waals surface area contributed by atoms with Crippen molar-refractivity contribution in [2.75, 3.05) is 29.1 Å². The minimum Gasteiger partial charge on any atom is -0.381 e. The predicted octanol–water partition coefficient (Wildman–Crippen LogP) is 2.88. The lowest BCUT2D eigenvalue weighted by Crippen LogP contribution is -2.19. The summed E-state index contributed by atoms with van der Waals surface area (Å²) in [6, 6.07) is 8.69. The Morgan fingerprint density at radius 3 is 2.50 bits per heavy atom. The standard InChI is InChI=1S/C19H22N4O3/c1-13(24)22-15-4-6-16(7-5-15)23-19(25)14-9-17(11-20-10-14)21-12-18-3-2-8-26-18/h4-7,9-11,18,21H,2-3,8,12H2,1H3,(H,22,24)(H,23,25). The maximum Gasteiger partial charge on any atom is 0.257 e. The van der Waals surface area contributed by atoms with Crippen LogP contribution < -0.4 is 16.0 Å². The van der Waals surface area contributed by atoms with E-state index in [9.17, 15) is 9.59 Å². The number of rotatable bonds is 6. The van der Waals surface area contributed by atoms with Crippen LogP contribution >= 0.6 is 0 Å². The quantitative estimate of drug-likeness (QED) is 0.742. The number of aromatic nitrogens is 1. The maximum absolute atomic E-state index is 12.4. The van der Waals surface area contributed by atoms with Crippen molar-refractivity contribution in [2.45, 2.75) is 25.9 Å². The molecule has 1 saturated heterocycles. The molecular weight excluding hydrogens is 332 g/mol. The molecule has 26 heavy (non-hydrogen) atoms. The lowest BCUT2D eigenvalue weighted by atomic mass is 10.2. The Morgan fingerprint density at radius 1 is 1.12 bits per heavy atom. The Hall–Kier alpha value is -2.93. The van der Waals surface area contributed by atoms with Gasteiger partial charge in [-0.05, 0) is 43.2 Å². The van der Waals surface area contributed by atoms with Crippen LogP contribution in [0.15, 0.2) is 42.7 Å². The van der Waals surface area contributed by atoms with E-state index in [1.54, 1.807) is 36.5 Å². The zero-order chi connectivity index (χ0) is 18.4. The molecule has 2 aromatic rings. The summed E-state index contributed by atoms with van der Waals surface area (Å²) < 4.78 is 5.58. The van der Waals surface area contributed by atoms with Crippen LogP contribution in [0.5, 0.6) is 0 Å². The van der Waals surface area contributed by atoms with Gasteiger partial charge in [0.15, 0.2) is 0 Å². The van der Waals surface area contributed by atoms with Crippen LogP contribution in [-0.2, 0) is 9.53 Å². The van der Waals surface area contributed by atoms with E-state index in [1.807, 2.05) is 0 Å². The molecule has 0 aliphatic carbocycles. The highest BCUT2D eigenvalue weighted by Gasteiger charge is 2.15. The van der Waals surface area contributed by atoms with Gasteiger partial charge in [0.2, 0.25) is 5.91 Å².